The Morgan fingerprint density at radius 1 is 1.27 bits per heavy atom. The summed E-state index contributed by atoms with van der Waals surface area (Å²) in [6.45, 7) is 0. The molecule has 0 saturated carbocycles. The quantitative estimate of drug-likeness (QED) is 0.865. The van der Waals surface area contributed by atoms with Crippen molar-refractivity contribution in [3.8, 4) is 11.5 Å². The van der Waals surface area contributed by atoms with Gasteiger partial charge in [-0.05, 0) is 17.2 Å². The van der Waals surface area contributed by atoms with Crippen molar-refractivity contribution in [3.05, 3.63) is 58.1 Å². The Labute approximate surface area is 128 Å². The number of carbonyl (C=O) groups is 1. The van der Waals surface area contributed by atoms with Gasteiger partial charge in [-0.3, -0.25) is 4.79 Å². The number of methoxy groups -OCH3 is 1. The fraction of sp³-hybridized carbons (Fsp3) is 0.278. The maximum atomic E-state index is 11.2. The van der Waals surface area contributed by atoms with Crippen LogP contribution in [0.25, 0.3) is 0 Å². The lowest BCUT2D eigenvalue weighted by molar-refractivity contribution is -0.0409. The van der Waals surface area contributed by atoms with Gasteiger partial charge >= 0.3 is 0 Å². The molecule has 0 aromatic heterocycles. The summed E-state index contributed by atoms with van der Waals surface area (Å²) in [5.41, 5.74) is 4.35. The van der Waals surface area contributed by atoms with Gasteiger partial charge in [-0.25, -0.2) is 0 Å². The fourth-order valence-corrected chi connectivity index (χ4v) is 3.62. The molecule has 2 aromatic rings. The minimum Gasteiger partial charge on any atom is -0.507 e. The van der Waals surface area contributed by atoms with Crippen LogP contribution in [0.5, 0.6) is 11.5 Å². The molecule has 4 nitrogen and oxygen atoms in total. The largest absolute Gasteiger partial charge is 0.507 e. The van der Waals surface area contributed by atoms with Crippen LogP contribution in [-0.2, 0) is 17.6 Å². The standard InChI is InChI=1S/C18H16O4/c1-21-15-7-11(9-19)18(20)13-8-14-12-5-3-2-4-10(12)6-16(22-14)17(13)15/h2-5,7,9,14,16,20H,6,8H2,1H3. The number of benzene rings is 2. The van der Waals surface area contributed by atoms with E-state index in [2.05, 4.69) is 12.1 Å². The molecule has 2 aliphatic rings. The zero-order valence-corrected chi connectivity index (χ0v) is 12.2. The third-order valence-electron chi connectivity index (χ3n) is 4.63. The fourth-order valence-electron chi connectivity index (χ4n) is 3.62. The highest BCUT2D eigenvalue weighted by molar-refractivity contribution is 5.82. The van der Waals surface area contributed by atoms with Gasteiger partial charge in [0.25, 0.3) is 0 Å². The second kappa shape index (κ2) is 4.85. The second-order valence-electron chi connectivity index (χ2n) is 5.75. The molecule has 22 heavy (non-hydrogen) atoms. The van der Waals surface area contributed by atoms with E-state index < -0.39 is 0 Å². The predicted molar refractivity (Wildman–Crippen MR) is 80.5 cm³/mol. The highest BCUT2D eigenvalue weighted by Crippen LogP contribution is 2.50. The topological polar surface area (TPSA) is 55.8 Å². The van der Waals surface area contributed by atoms with Crippen LogP contribution in [0.2, 0.25) is 0 Å². The number of fused-ring (bicyclic) bond motifs is 6. The van der Waals surface area contributed by atoms with Crippen LogP contribution in [0.15, 0.2) is 30.3 Å². The number of ether oxygens (including phenoxy) is 2. The van der Waals surface area contributed by atoms with Gasteiger partial charge in [-0.15, -0.1) is 0 Å². The van der Waals surface area contributed by atoms with Crippen LogP contribution in [0, 0.1) is 0 Å². The van der Waals surface area contributed by atoms with Crippen molar-refractivity contribution >= 4 is 6.29 Å². The van der Waals surface area contributed by atoms with Crippen molar-refractivity contribution in [1.82, 2.24) is 0 Å². The molecule has 0 amide bonds. The minimum atomic E-state index is -0.148. The normalized spacial score (nSPS) is 21.7. The molecule has 2 heterocycles. The average Bonchev–Trinajstić information content (AvgIpc) is 2.56. The summed E-state index contributed by atoms with van der Waals surface area (Å²) in [6.07, 6.45) is 1.73. The van der Waals surface area contributed by atoms with Gasteiger partial charge in [-0.2, -0.15) is 0 Å². The second-order valence-corrected chi connectivity index (χ2v) is 5.75. The molecular formula is C18H16O4. The first-order valence-electron chi connectivity index (χ1n) is 7.34. The lowest BCUT2D eigenvalue weighted by atomic mass is 9.81. The molecule has 112 valence electrons. The van der Waals surface area contributed by atoms with Crippen LogP contribution in [-0.4, -0.2) is 18.5 Å². The summed E-state index contributed by atoms with van der Waals surface area (Å²) in [4.78, 5) is 11.2. The first kappa shape index (κ1) is 13.3. The lowest BCUT2D eigenvalue weighted by Gasteiger charge is -2.39. The molecule has 2 unspecified atom stereocenters. The number of hydrogen-bond donors (Lipinski definition) is 1. The molecule has 0 aliphatic carbocycles. The first-order chi connectivity index (χ1) is 10.7. The maximum absolute atomic E-state index is 11.2. The molecule has 0 saturated heterocycles. The highest BCUT2D eigenvalue weighted by Gasteiger charge is 2.38. The van der Waals surface area contributed by atoms with Gasteiger partial charge in [0.15, 0.2) is 6.29 Å². The van der Waals surface area contributed by atoms with Crippen LogP contribution in [0.1, 0.15) is 44.8 Å². The van der Waals surface area contributed by atoms with Crippen molar-refractivity contribution in [2.45, 2.75) is 25.0 Å². The summed E-state index contributed by atoms with van der Waals surface area (Å²) < 4.78 is 11.6. The molecule has 2 bridgehead atoms. The summed E-state index contributed by atoms with van der Waals surface area (Å²) in [7, 11) is 1.57. The Hall–Kier alpha value is -2.33. The Morgan fingerprint density at radius 2 is 2.09 bits per heavy atom. The molecule has 4 rings (SSSR count). The third-order valence-corrected chi connectivity index (χ3v) is 4.63. The Balaban J connectivity index is 1.91. The average molecular weight is 296 g/mol. The molecule has 0 fully saturated rings. The molecule has 4 heteroatoms. The van der Waals surface area contributed by atoms with Crippen molar-refractivity contribution in [2.75, 3.05) is 7.11 Å². The Bertz CT molecular complexity index is 766. The number of aromatic hydroxyl groups is 1. The van der Waals surface area contributed by atoms with Gasteiger partial charge in [0.2, 0.25) is 0 Å². The van der Waals surface area contributed by atoms with Crippen LogP contribution in [0.3, 0.4) is 0 Å². The van der Waals surface area contributed by atoms with E-state index in [-0.39, 0.29) is 23.5 Å². The minimum absolute atomic E-state index is 0.0588. The summed E-state index contributed by atoms with van der Waals surface area (Å²) in [5.74, 6) is 0.668. The van der Waals surface area contributed by atoms with Crippen molar-refractivity contribution in [2.24, 2.45) is 0 Å². The molecule has 1 N–H and O–H groups in total. The van der Waals surface area contributed by atoms with E-state index >= 15 is 0 Å². The molecule has 2 atom stereocenters. The van der Waals surface area contributed by atoms with Gasteiger partial charge in [0.05, 0.1) is 24.9 Å². The van der Waals surface area contributed by atoms with Crippen LogP contribution in [0.4, 0.5) is 0 Å². The van der Waals surface area contributed by atoms with Crippen molar-refractivity contribution in [1.29, 1.82) is 0 Å². The zero-order valence-electron chi connectivity index (χ0n) is 12.2. The summed E-state index contributed by atoms with van der Waals surface area (Å²) >= 11 is 0. The monoisotopic (exact) mass is 296 g/mol. The van der Waals surface area contributed by atoms with Gasteiger partial charge in [0.1, 0.15) is 11.5 Å². The number of aldehydes is 1. The number of phenolic OH excluding ortho intramolecular Hbond substituents is 1. The van der Waals surface area contributed by atoms with E-state index in [0.717, 1.165) is 17.5 Å². The molecule has 2 aliphatic heterocycles. The SMILES string of the molecule is COc1cc(C=O)c(O)c2c1C1Cc3ccccc3C(C2)O1. The van der Waals surface area contributed by atoms with E-state index in [9.17, 15) is 9.90 Å². The molecular weight excluding hydrogens is 280 g/mol. The number of rotatable bonds is 2. The van der Waals surface area contributed by atoms with E-state index in [0.29, 0.717) is 18.5 Å². The van der Waals surface area contributed by atoms with E-state index in [1.165, 1.54) is 11.1 Å². The van der Waals surface area contributed by atoms with Crippen LogP contribution < -0.4 is 4.74 Å². The molecule has 0 spiro atoms. The summed E-state index contributed by atoms with van der Waals surface area (Å²) in [6, 6.07) is 9.81. The Morgan fingerprint density at radius 3 is 2.86 bits per heavy atom. The first-order valence-corrected chi connectivity index (χ1v) is 7.34. The maximum Gasteiger partial charge on any atom is 0.153 e. The smallest absolute Gasteiger partial charge is 0.153 e. The summed E-state index contributed by atoms with van der Waals surface area (Å²) in [5, 5.41) is 10.4. The van der Waals surface area contributed by atoms with E-state index in [1.54, 1.807) is 13.2 Å². The van der Waals surface area contributed by atoms with E-state index in [1.807, 2.05) is 12.1 Å². The molecule has 2 aromatic carbocycles. The molecule has 0 radical (unpaired) electrons. The van der Waals surface area contributed by atoms with Crippen molar-refractivity contribution < 1.29 is 19.4 Å². The van der Waals surface area contributed by atoms with Crippen LogP contribution >= 0.6 is 0 Å². The van der Waals surface area contributed by atoms with Gasteiger partial charge in [-0.1, -0.05) is 24.3 Å². The van der Waals surface area contributed by atoms with Gasteiger partial charge < -0.3 is 14.6 Å². The Kier molecular flexibility index (Phi) is 2.94. The van der Waals surface area contributed by atoms with Gasteiger partial charge in [0, 0.05) is 24.0 Å². The zero-order chi connectivity index (χ0) is 15.3. The number of hydrogen-bond acceptors (Lipinski definition) is 4. The van der Waals surface area contributed by atoms with Crippen molar-refractivity contribution in [3.63, 3.8) is 0 Å². The highest BCUT2D eigenvalue weighted by atomic mass is 16.5. The van der Waals surface area contributed by atoms with E-state index in [4.69, 9.17) is 9.47 Å². The number of carbonyl (C=O) groups excluding carboxylic acids is 1. The lowest BCUT2D eigenvalue weighted by Crippen LogP contribution is -2.28. The third kappa shape index (κ3) is 1.77. The number of phenols is 1. The predicted octanol–water partition coefficient (Wildman–Crippen LogP) is 3.12.